The van der Waals surface area contributed by atoms with Gasteiger partial charge in [0.15, 0.2) is 0 Å². The second-order valence-corrected chi connectivity index (χ2v) is 4.92. The lowest BCUT2D eigenvalue weighted by Crippen LogP contribution is -2.26. The van der Waals surface area contributed by atoms with Crippen molar-refractivity contribution in [1.29, 1.82) is 0 Å². The van der Waals surface area contributed by atoms with Crippen molar-refractivity contribution in [3.8, 4) is 0 Å². The molecule has 0 amide bonds. The number of epoxide rings is 1. The van der Waals surface area contributed by atoms with Crippen molar-refractivity contribution >= 4 is 5.97 Å². The summed E-state index contributed by atoms with van der Waals surface area (Å²) in [6.45, 7) is 2.00. The van der Waals surface area contributed by atoms with E-state index in [4.69, 9.17) is 9.47 Å². The van der Waals surface area contributed by atoms with Crippen molar-refractivity contribution in [2.75, 3.05) is 0 Å². The van der Waals surface area contributed by atoms with Crippen LogP contribution < -0.4 is 0 Å². The van der Waals surface area contributed by atoms with Crippen LogP contribution in [-0.2, 0) is 9.47 Å². The van der Waals surface area contributed by atoms with Crippen LogP contribution in [0.1, 0.15) is 41.6 Å². The van der Waals surface area contributed by atoms with E-state index in [1.165, 1.54) is 6.42 Å². The minimum absolute atomic E-state index is 0.144. The Morgan fingerprint density at radius 1 is 1.35 bits per heavy atom. The molecule has 17 heavy (non-hydrogen) atoms. The van der Waals surface area contributed by atoms with Crippen LogP contribution in [0.25, 0.3) is 0 Å². The maximum Gasteiger partial charge on any atom is 0.340 e. The maximum atomic E-state index is 12.0. The number of hydrogen-bond acceptors (Lipinski definition) is 3. The molecule has 3 rings (SSSR count). The summed E-state index contributed by atoms with van der Waals surface area (Å²) < 4.78 is 11.1. The number of fused-ring (bicyclic) bond motifs is 1. The molecule has 1 saturated carbocycles. The summed E-state index contributed by atoms with van der Waals surface area (Å²) in [5.74, 6) is -0.852. The molecule has 3 heteroatoms. The van der Waals surface area contributed by atoms with E-state index < -0.39 is 5.79 Å². The van der Waals surface area contributed by atoms with Crippen LogP contribution in [-0.4, -0.2) is 17.9 Å². The maximum absolute atomic E-state index is 12.0. The molecule has 0 spiro atoms. The molecule has 1 heterocycles. The Kier molecular flexibility index (Phi) is 2.44. The zero-order valence-corrected chi connectivity index (χ0v) is 9.94. The minimum atomic E-state index is -0.583. The fraction of sp³-hybridized carbons (Fsp3) is 0.500. The predicted molar refractivity (Wildman–Crippen MR) is 62.7 cm³/mol. The molecular formula is C14H16O3. The largest absolute Gasteiger partial charge is 0.427 e. The number of hydrogen-bond donors (Lipinski definition) is 0. The summed E-state index contributed by atoms with van der Waals surface area (Å²) in [5, 5.41) is 0. The van der Waals surface area contributed by atoms with E-state index in [1.54, 1.807) is 12.1 Å². The third kappa shape index (κ3) is 1.95. The van der Waals surface area contributed by atoms with Gasteiger partial charge in [-0.1, -0.05) is 24.1 Å². The molecule has 2 aliphatic rings. The highest BCUT2D eigenvalue weighted by Crippen LogP contribution is 2.48. The molecule has 1 aliphatic heterocycles. The molecule has 2 atom stereocenters. The zero-order chi connectivity index (χ0) is 11.9. The Bertz CT molecular complexity index is 437. The molecule has 2 unspecified atom stereocenters. The van der Waals surface area contributed by atoms with Crippen LogP contribution in [0.2, 0.25) is 0 Å². The van der Waals surface area contributed by atoms with Crippen LogP contribution in [0.15, 0.2) is 24.3 Å². The Labute approximate surface area is 101 Å². The van der Waals surface area contributed by atoms with Gasteiger partial charge in [-0.15, -0.1) is 0 Å². The first-order chi connectivity index (χ1) is 8.20. The van der Waals surface area contributed by atoms with Crippen LogP contribution in [0, 0.1) is 6.92 Å². The van der Waals surface area contributed by atoms with Crippen molar-refractivity contribution in [3.63, 3.8) is 0 Å². The van der Waals surface area contributed by atoms with E-state index in [0.29, 0.717) is 5.56 Å². The van der Waals surface area contributed by atoms with Gasteiger partial charge in [0.1, 0.15) is 6.10 Å². The molecule has 0 aromatic heterocycles. The Morgan fingerprint density at radius 3 is 2.82 bits per heavy atom. The Morgan fingerprint density at radius 2 is 2.12 bits per heavy atom. The van der Waals surface area contributed by atoms with Gasteiger partial charge >= 0.3 is 5.97 Å². The lowest BCUT2D eigenvalue weighted by atomic mass is 9.98. The van der Waals surface area contributed by atoms with Crippen LogP contribution in [0.5, 0.6) is 0 Å². The van der Waals surface area contributed by atoms with Crippen molar-refractivity contribution in [1.82, 2.24) is 0 Å². The molecule has 0 N–H and O–H groups in total. The summed E-state index contributed by atoms with van der Waals surface area (Å²) in [6, 6.07) is 7.43. The predicted octanol–water partition coefficient (Wildman–Crippen LogP) is 2.82. The average Bonchev–Trinajstić information content (AvgIpc) is 3.03. The van der Waals surface area contributed by atoms with E-state index in [9.17, 15) is 4.79 Å². The lowest BCUT2D eigenvalue weighted by Gasteiger charge is -2.17. The third-order valence-corrected chi connectivity index (χ3v) is 3.57. The van der Waals surface area contributed by atoms with Gasteiger partial charge in [-0.2, -0.15) is 0 Å². The highest BCUT2D eigenvalue weighted by Gasteiger charge is 2.61. The number of carbonyl (C=O) groups excluding carboxylic acids is 1. The Hall–Kier alpha value is -1.35. The standard InChI is InChI=1S/C14H16O3/c1-10-5-7-11(8-6-10)13(15)17-14-9-3-2-4-12(14)16-14/h5-8,12H,2-4,9H2,1H3. The van der Waals surface area contributed by atoms with Gasteiger partial charge in [0.25, 0.3) is 0 Å². The number of ether oxygens (including phenoxy) is 2. The second-order valence-electron chi connectivity index (χ2n) is 4.92. The second kappa shape index (κ2) is 3.84. The monoisotopic (exact) mass is 232 g/mol. The van der Waals surface area contributed by atoms with E-state index in [2.05, 4.69) is 0 Å². The van der Waals surface area contributed by atoms with Crippen LogP contribution in [0.3, 0.4) is 0 Å². The topological polar surface area (TPSA) is 38.8 Å². The van der Waals surface area contributed by atoms with E-state index in [0.717, 1.165) is 24.8 Å². The number of carbonyl (C=O) groups is 1. The SMILES string of the molecule is Cc1ccc(C(=O)OC23CCCCC2O3)cc1. The van der Waals surface area contributed by atoms with Gasteiger partial charge < -0.3 is 9.47 Å². The number of rotatable bonds is 2. The van der Waals surface area contributed by atoms with E-state index >= 15 is 0 Å². The van der Waals surface area contributed by atoms with Crippen molar-refractivity contribution in [3.05, 3.63) is 35.4 Å². The molecule has 1 saturated heterocycles. The molecular weight excluding hydrogens is 216 g/mol. The first-order valence-electron chi connectivity index (χ1n) is 6.17. The normalized spacial score (nSPS) is 30.5. The Balaban J connectivity index is 1.70. The first kappa shape index (κ1) is 10.8. The molecule has 3 nitrogen and oxygen atoms in total. The highest BCUT2D eigenvalue weighted by atomic mass is 16.8. The fourth-order valence-corrected chi connectivity index (χ4v) is 2.45. The first-order valence-corrected chi connectivity index (χ1v) is 6.17. The van der Waals surface area contributed by atoms with Crippen LogP contribution in [0.4, 0.5) is 0 Å². The molecule has 0 radical (unpaired) electrons. The smallest absolute Gasteiger partial charge is 0.340 e. The molecule has 2 fully saturated rings. The number of aryl methyl sites for hydroxylation is 1. The van der Waals surface area contributed by atoms with Gasteiger partial charge in [-0.25, -0.2) is 4.79 Å². The van der Waals surface area contributed by atoms with E-state index in [1.807, 2.05) is 19.1 Å². The molecule has 1 aromatic rings. The van der Waals surface area contributed by atoms with E-state index in [-0.39, 0.29) is 12.1 Å². The van der Waals surface area contributed by atoms with Gasteiger partial charge in [-0.3, -0.25) is 0 Å². The minimum Gasteiger partial charge on any atom is -0.427 e. The van der Waals surface area contributed by atoms with Crippen molar-refractivity contribution in [2.45, 2.75) is 44.5 Å². The third-order valence-electron chi connectivity index (χ3n) is 3.57. The summed E-state index contributed by atoms with van der Waals surface area (Å²) in [6.07, 6.45) is 4.26. The molecule has 1 aromatic carbocycles. The average molecular weight is 232 g/mol. The quantitative estimate of drug-likeness (QED) is 0.581. The zero-order valence-electron chi connectivity index (χ0n) is 9.94. The highest BCUT2D eigenvalue weighted by molar-refractivity contribution is 5.89. The lowest BCUT2D eigenvalue weighted by molar-refractivity contribution is -0.0245. The summed E-state index contributed by atoms with van der Waals surface area (Å²) in [7, 11) is 0. The summed E-state index contributed by atoms with van der Waals surface area (Å²) >= 11 is 0. The van der Waals surface area contributed by atoms with Gasteiger partial charge in [0.2, 0.25) is 5.79 Å². The van der Waals surface area contributed by atoms with Gasteiger partial charge in [0, 0.05) is 6.42 Å². The summed E-state index contributed by atoms with van der Waals surface area (Å²) in [4.78, 5) is 12.0. The van der Waals surface area contributed by atoms with Gasteiger partial charge in [-0.05, 0) is 31.9 Å². The molecule has 1 aliphatic carbocycles. The molecule has 0 bridgehead atoms. The number of benzene rings is 1. The van der Waals surface area contributed by atoms with Crippen LogP contribution >= 0.6 is 0 Å². The molecule has 90 valence electrons. The number of esters is 1. The van der Waals surface area contributed by atoms with Gasteiger partial charge in [0.05, 0.1) is 5.56 Å². The van der Waals surface area contributed by atoms with Crippen molar-refractivity contribution < 1.29 is 14.3 Å². The fourth-order valence-electron chi connectivity index (χ4n) is 2.45. The summed E-state index contributed by atoms with van der Waals surface area (Å²) in [5.41, 5.74) is 1.74. The van der Waals surface area contributed by atoms with Crippen molar-refractivity contribution in [2.24, 2.45) is 0 Å².